The second kappa shape index (κ2) is 5.56. The molecule has 4 rings (SSSR count). The molecule has 4 atom stereocenters. The van der Waals surface area contributed by atoms with Crippen molar-refractivity contribution >= 4 is 11.9 Å². The van der Waals surface area contributed by atoms with Gasteiger partial charge in [-0.3, -0.25) is 0 Å². The number of carbonyl (C=O) groups is 2. The maximum absolute atomic E-state index is 12.2. The number of esters is 2. The summed E-state index contributed by atoms with van der Waals surface area (Å²) in [6, 6.07) is 0. The molecule has 0 spiro atoms. The average Bonchev–Trinajstić information content (AvgIpc) is 2.40. The number of rotatable bonds is 6. The standard InChI is InChI=1S/C18H26O6/c1-4-13(19)22-6-14(20)24-18-9-15(3)7-16(21,11-18)10-17(8-15,12-18)23-5-2/h4,21H,1,5-12H2,2-3H3. The van der Waals surface area contributed by atoms with Gasteiger partial charge in [-0.15, -0.1) is 0 Å². The fraction of sp³-hybridized carbons (Fsp3) is 0.778. The van der Waals surface area contributed by atoms with Crippen molar-refractivity contribution in [3.63, 3.8) is 0 Å². The Morgan fingerprint density at radius 3 is 2.42 bits per heavy atom. The fourth-order valence-corrected chi connectivity index (χ4v) is 5.91. The van der Waals surface area contributed by atoms with Gasteiger partial charge in [-0.1, -0.05) is 13.5 Å². The van der Waals surface area contributed by atoms with Crippen LogP contribution in [0.25, 0.3) is 0 Å². The summed E-state index contributed by atoms with van der Waals surface area (Å²) in [4.78, 5) is 23.3. The zero-order chi connectivity index (χ0) is 17.6. The Kier molecular flexibility index (Phi) is 4.04. The van der Waals surface area contributed by atoms with Crippen molar-refractivity contribution in [3.8, 4) is 0 Å². The summed E-state index contributed by atoms with van der Waals surface area (Å²) in [5, 5.41) is 11.0. The Balaban J connectivity index is 1.78. The van der Waals surface area contributed by atoms with Crippen LogP contribution < -0.4 is 0 Å². The molecule has 4 saturated carbocycles. The summed E-state index contributed by atoms with van der Waals surface area (Å²) in [5.74, 6) is -1.25. The van der Waals surface area contributed by atoms with Crippen LogP contribution in [0.5, 0.6) is 0 Å². The monoisotopic (exact) mass is 338 g/mol. The highest BCUT2D eigenvalue weighted by molar-refractivity contribution is 5.83. The zero-order valence-corrected chi connectivity index (χ0v) is 14.4. The third kappa shape index (κ3) is 3.09. The van der Waals surface area contributed by atoms with E-state index in [0.717, 1.165) is 12.5 Å². The summed E-state index contributed by atoms with van der Waals surface area (Å²) in [7, 11) is 0. The van der Waals surface area contributed by atoms with Gasteiger partial charge in [0.15, 0.2) is 6.61 Å². The highest BCUT2D eigenvalue weighted by atomic mass is 16.6. The molecule has 0 radical (unpaired) electrons. The van der Waals surface area contributed by atoms with Crippen molar-refractivity contribution in [2.75, 3.05) is 13.2 Å². The quantitative estimate of drug-likeness (QED) is 0.588. The van der Waals surface area contributed by atoms with Crippen LogP contribution in [0.15, 0.2) is 12.7 Å². The molecule has 0 aromatic heterocycles. The topological polar surface area (TPSA) is 82.1 Å². The summed E-state index contributed by atoms with van der Waals surface area (Å²) < 4.78 is 16.6. The molecule has 24 heavy (non-hydrogen) atoms. The molecule has 4 aliphatic carbocycles. The molecular weight excluding hydrogens is 312 g/mol. The molecule has 0 aliphatic heterocycles. The Morgan fingerprint density at radius 2 is 1.79 bits per heavy atom. The smallest absolute Gasteiger partial charge is 0.344 e. The molecule has 134 valence electrons. The number of hydrogen-bond acceptors (Lipinski definition) is 6. The van der Waals surface area contributed by atoms with Gasteiger partial charge < -0.3 is 19.3 Å². The van der Waals surface area contributed by atoms with Gasteiger partial charge in [0, 0.05) is 31.9 Å². The molecular formula is C18H26O6. The highest BCUT2D eigenvalue weighted by Gasteiger charge is 2.69. The van der Waals surface area contributed by atoms with Gasteiger partial charge in [0.25, 0.3) is 0 Å². The van der Waals surface area contributed by atoms with E-state index in [1.807, 2.05) is 6.92 Å². The molecule has 4 bridgehead atoms. The molecule has 1 N–H and O–H groups in total. The molecule has 4 fully saturated rings. The van der Waals surface area contributed by atoms with E-state index in [0.29, 0.717) is 38.7 Å². The molecule has 4 unspecified atom stereocenters. The maximum atomic E-state index is 12.2. The zero-order valence-electron chi connectivity index (χ0n) is 14.4. The van der Waals surface area contributed by atoms with E-state index in [4.69, 9.17) is 14.2 Å². The largest absolute Gasteiger partial charge is 0.456 e. The van der Waals surface area contributed by atoms with Crippen molar-refractivity contribution in [1.82, 2.24) is 0 Å². The molecule has 4 aliphatic rings. The minimum absolute atomic E-state index is 0.114. The average molecular weight is 338 g/mol. The highest BCUT2D eigenvalue weighted by Crippen LogP contribution is 2.66. The third-order valence-corrected chi connectivity index (χ3v) is 5.48. The lowest BCUT2D eigenvalue weighted by Crippen LogP contribution is -2.70. The normalized spacial score (nSPS) is 42.6. The molecule has 0 aromatic carbocycles. The summed E-state index contributed by atoms with van der Waals surface area (Å²) >= 11 is 0. The van der Waals surface area contributed by atoms with Crippen LogP contribution in [-0.4, -0.2) is 47.1 Å². The first-order valence-electron chi connectivity index (χ1n) is 8.53. The van der Waals surface area contributed by atoms with Crippen LogP contribution in [0.1, 0.15) is 52.4 Å². The number of aliphatic hydroxyl groups is 1. The molecule has 0 aromatic rings. The van der Waals surface area contributed by atoms with Gasteiger partial charge in [-0.25, -0.2) is 9.59 Å². The second-order valence-electron chi connectivity index (χ2n) is 8.18. The van der Waals surface area contributed by atoms with Crippen LogP contribution in [0.3, 0.4) is 0 Å². The first-order valence-corrected chi connectivity index (χ1v) is 8.53. The first kappa shape index (κ1) is 17.4. The van der Waals surface area contributed by atoms with Crippen LogP contribution in [0, 0.1) is 5.41 Å². The van der Waals surface area contributed by atoms with E-state index in [9.17, 15) is 14.7 Å². The van der Waals surface area contributed by atoms with Crippen molar-refractivity contribution in [2.45, 2.75) is 69.2 Å². The van der Waals surface area contributed by atoms with E-state index in [2.05, 4.69) is 13.5 Å². The lowest BCUT2D eigenvalue weighted by molar-refractivity contribution is -0.292. The van der Waals surface area contributed by atoms with Gasteiger partial charge in [0.1, 0.15) is 5.60 Å². The van der Waals surface area contributed by atoms with Gasteiger partial charge in [-0.2, -0.15) is 0 Å². The van der Waals surface area contributed by atoms with E-state index in [1.54, 1.807) is 0 Å². The van der Waals surface area contributed by atoms with Gasteiger partial charge in [0.2, 0.25) is 0 Å². The molecule has 0 saturated heterocycles. The summed E-state index contributed by atoms with van der Waals surface area (Å²) in [6.07, 6.45) is 4.90. The first-order chi connectivity index (χ1) is 11.2. The van der Waals surface area contributed by atoms with Crippen LogP contribution in [0.2, 0.25) is 0 Å². The van der Waals surface area contributed by atoms with E-state index < -0.39 is 35.3 Å². The van der Waals surface area contributed by atoms with Crippen LogP contribution in [0.4, 0.5) is 0 Å². The number of ether oxygens (including phenoxy) is 3. The number of hydrogen-bond donors (Lipinski definition) is 1. The SMILES string of the molecule is C=CC(=O)OCC(=O)OC12CC3(C)CC(O)(CC(OCC)(C3)C1)C2. The Morgan fingerprint density at radius 1 is 1.12 bits per heavy atom. The fourth-order valence-electron chi connectivity index (χ4n) is 5.91. The molecule has 0 heterocycles. The Labute approximate surface area is 142 Å². The van der Waals surface area contributed by atoms with E-state index in [1.165, 1.54) is 0 Å². The van der Waals surface area contributed by atoms with Crippen molar-refractivity contribution in [1.29, 1.82) is 0 Å². The van der Waals surface area contributed by atoms with Gasteiger partial charge >= 0.3 is 11.9 Å². The van der Waals surface area contributed by atoms with Gasteiger partial charge in [0.05, 0.1) is 11.2 Å². The Bertz CT molecular complexity index is 550. The molecule has 6 heteroatoms. The minimum Gasteiger partial charge on any atom is -0.456 e. The second-order valence-corrected chi connectivity index (χ2v) is 8.18. The van der Waals surface area contributed by atoms with Crippen molar-refractivity contribution in [2.24, 2.45) is 5.41 Å². The van der Waals surface area contributed by atoms with E-state index in [-0.39, 0.29) is 5.41 Å². The Hall–Kier alpha value is -1.40. The van der Waals surface area contributed by atoms with E-state index >= 15 is 0 Å². The predicted molar refractivity (Wildman–Crippen MR) is 85.1 cm³/mol. The molecule has 6 nitrogen and oxygen atoms in total. The van der Waals surface area contributed by atoms with Crippen LogP contribution >= 0.6 is 0 Å². The predicted octanol–water partition coefficient (Wildman–Crippen LogP) is 1.89. The number of carbonyl (C=O) groups excluding carboxylic acids is 2. The summed E-state index contributed by atoms with van der Waals surface area (Å²) in [6.45, 7) is 7.48. The van der Waals surface area contributed by atoms with Crippen LogP contribution in [-0.2, 0) is 23.8 Å². The van der Waals surface area contributed by atoms with Crippen molar-refractivity contribution < 1.29 is 28.9 Å². The minimum atomic E-state index is -0.864. The lowest BCUT2D eigenvalue weighted by atomic mass is 9.45. The lowest BCUT2D eigenvalue weighted by Gasteiger charge is -2.67. The maximum Gasteiger partial charge on any atom is 0.344 e. The third-order valence-electron chi connectivity index (χ3n) is 5.48. The van der Waals surface area contributed by atoms with Crippen molar-refractivity contribution in [3.05, 3.63) is 12.7 Å². The van der Waals surface area contributed by atoms with Gasteiger partial charge in [-0.05, 0) is 31.6 Å². The molecule has 0 amide bonds. The summed E-state index contributed by atoms with van der Waals surface area (Å²) in [5.41, 5.74) is -2.16.